The molecule has 0 heterocycles. The fourth-order valence-electron chi connectivity index (χ4n) is 0.576. The standard InChI is InChI=1S/C12H14O2S/c1-11(2)7-5-9-15(13,14)10-6-8-12(3)4/h7-10H,1,3H2,2,4H3. The maximum Gasteiger partial charge on any atom is 0.207 e. The maximum absolute atomic E-state index is 11.3. The van der Waals surface area contributed by atoms with Crippen molar-refractivity contribution in [2.75, 3.05) is 0 Å². The second-order valence-electron chi connectivity index (χ2n) is 3.14. The van der Waals surface area contributed by atoms with Crippen molar-refractivity contribution in [3.8, 4) is 0 Å². The highest BCUT2D eigenvalue weighted by Crippen LogP contribution is 1.95. The lowest BCUT2D eigenvalue weighted by Crippen LogP contribution is -1.85. The van der Waals surface area contributed by atoms with Crippen LogP contribution in [0.4, 0.5) is 0 Å². The lowest BCUT2D eigenvalue weighted by molar-refractivity contribution is 0.612. The topological polar surface area (TPSA) is 34.1 Å². The largest absolute Gasteiger partial charge is 0.218 e. The van der Waals surface area contributed by atoms with Crippen LogP contribution in [0.3, 0.4) is 0 Å². The molecule has 0 aliphatic rings. The average molecular weight is 222 g/mol. The molecular formula is C12H14O2S. The van der Waals surface area contributed by atoms with Crippen LogP contribution in [0.2, 0.25) is 0 Å². The summed E-state index contributed by atoms with van der Waals surface area (Å²) in [4.78, 5) is 0. The molecule has 0 saturated heterocycles. The number of hydrogen-bond donors (Lipinski definition) is 0. The predicted octanol–water partition coefficient (Wildman–Crippen LogP) is 2.89. The zero-order chi connectivity index (χ0) is 11.9. The van der Waals surface area contributed by atoms with Crippen molar-refractivity contribution < 1.29 is 8.42 Å². The molecule has 0 aliphatic heterocycles. The van der Waals surface area contributed by atoms with Gasteiger partial charge in [-0.1, -0.05) is 24.3 Å². The first-order valence-corrected chi connectivity index (χ1v) is 5.85. The third-order valence-corrected chi connectivity index (χ3v) is 2.05. The fourth-order valence-corrected chi connectivity index (χ4v) is 1.16. The van der Waals surface area contributed by atoms with E-state index in [-0.39, 0.29) is 0 Å². The Hall–Kier alpha value is -1.53. The van der Waals surface area contributed by atoms with E-state index in [0.717, 1.165) is 22.0 Å². The molecule has 0 rings (SSSR count). The Morgan fingerprint density at radius 2 is 1.33 bits per heavy atom. The van der Waals surface area contributed by atoms with Crippen LogP contribution < -0.4 is 0 Å². The normalized spacial score (nSPS) is 9.20. The molecular weight excluding hydrogens is 208 g/mol. The van der Waals surface area contributed by atoms with Gasteiger partial charge in [0.2, 0.25) is 9.84 Å². The van der Waals surface area contributed by atoms with Crippen LogP contribution in [0.25, 0.3) is 0 Å². The van der Waals surface area contributed by atoms with E-state index in [1.165, 1.54) is 12.2 Å². The summed E-state index contributed by atoms with van der Waals surface area (Å²) in [5.41, 5.74) is 6.51. The molecule has 0 aromatic rings. The number of sulfone groups is 1. The Bertz CT molecular complexity index is 438. The number of allylic oxidation sites excluding steroid dienone is 4. The summed E-state index contributed by atoms with van der Waals surface area (Å²) in [6.07, 6.45) is 2.99. The monoisotopic (exact) mass is 222 g/mol. The van der Waals surface area contributed by atoms with Crippen molar-refractivity contribution in [3.63, 3.8) is 0 Å². The summed E-state index contributed by atoms with van der Waals surface area (Å²) < 4.78 is 22.5. The predicted molar refractivity (Wildman–Crippen MR) is 63.9 cm³/mol. The Morgan fingerprint density at radius 1 is 1.00 bits per heavy atom. The number of hydrogen-bond acceptors (Lipinski definition) is 2. The Kier molecular flexibility index (Phi) is 5.43. The molecule has 0 atom stereocenters. The van der Waals surface area contributed by atoms with Crippen LogP contribution in [0.1, 0.15) is 13.8 Å². The van der Waals surface area contributed by atoms with Crippen LogP contribution in [-0.2, 0) is 9.84 Å². The van der Waals surface area contributed by atoms with E-state index in [9.17, 15) is 8.42 Å². The van der Waals surface area contributed by atoms with E-state index in [1.807, 2.05) is 0 Å². The molecule has 2 nitrogen and oxygen atoms in total. The molecule has 0 N–H and O–H groups in total. The average Bonchev–Trinajstić information content (AvgIpc) is 2.01. The highest BCUT2D eigenvalue weighted by molar-refractivity contribution is 7.97. The molecule has 0 amide bonds. The van der Waals surface area contributed by atoms with Gasteiger partial charge in [-0.05, 0) is 26.0 Å². The molecule has 3 heteroatoms. The van der Waals surface area contributed by atoms with Gasteiger partial charge in [0.15, 0.2) is 0 Å². The van der Waals surface area contributed by atoms with Crippen molar-refractivity contribution in [2.45, 2.75) is 13.8 Å². The van der Waals surface area contributed by atoms with Crippen LogP contribution in [-0.4, -0.2) is 8.42 Å². The van der Waals surface area contributed by atoms with Gasteiger partial charge in [0.25, 0.3) is 0 Å². The Balaban J connectivity index is 4.89. The van der Waals surface area contributed by atoms with Crippen LogP contribution in [0.15, 0.2) is 58.7 Å². The zero-order valence-electron chi connectivity index (χ0n) is 8.95. The molecule has 0 bridgehead atoms. The van der Waals surface area contributed by atoms with E-state index in [0.29, 0.717) is 0 Å². The minimum Gasteiger partial charge on any atom is -0.218 e. The summed E-state index contributed by atoms with van der Waals surface area (Å²) in [5, 5.41) is 1.95. The minimum absolute atomic E-state index is 0.739. The second kappa shape index (κ2) is 6.05. The summed E-state index contributed by atoms with van der Waals surface area (Å²) in [7, 11) is -3.39. The lowest BCUT2D eigenvalue weighted by atomic mass is 10.3. The van der Waals surface area contributed by atoms with E-state index in [1.54, 1.807) is 13.8 Å². The van der Waals surface area contributed by atoms with E-state index in [4.69, 9.17) is 0 Å². The smallest absolute Gasteiger partial charge is 0.207 e. The van der Waals surface area contributed by atoms with Gasteiger partial charge < -0.3 is 0 Å². The Labute approximate surface area is 91.2 Å². The molecule has 0 aliphatic carbocycles. The van der Waals surface area contributed by atoms with Gasteiger partial charge in [0.05, 0.1) is 10.8 Å². The summed E-state index contributed by atoms with van der Waals surface area (Å²) in [5.74, 6) is 0. The van der Waals surface area contributed by atoms with E-state index >= 15 is 0 Å². The maximum atomic E-state index is 11.3. The fraction of sp³-hybridized carbons (Fsp3) is 0.167. The van der Waals surface area contributed by atoms with Gasteiger partial charge >= 0.3 is 0 Å². The summed E-state index contributed by atoms with van der Waals surface area (Å²) in [6.45, 7) is 10.7. The van der Waals surface area contributed by atoms with Gasteiger partial charge in [-0.2, -0.15) is 0 Å². The molecule has 0 aromatic heterocycles. The lowest BCUT2D eigenvalue weighted by Gasteiger charge is -1.82. The third-order valence-electron chi connectivity index (χ3n) is 1.12. The first-order valence-electron chi connectivity index (χ1n) is 4.24. The minimum atomic E-state index is -3.39. The molecule has 0 fully saturated rings. The van der Waals surface area contributed by atoms with E-state index < -0.39 is 9.84 Å². The molecule has 0 radical (unpaired) electrons. The van der Waals surface area contributed by atoms with Gasteiger partial charge in [-0.3, -0.25) is 0 Å². The second-order valence-corrected chi connectivity index (χ2v) is 4.79. The van der Waals surface area contributed by atoms with Crippen molar-refractivity contribution in [1.29, 1.82) is 0 Å². The van der Waals surface area contributed by atoms with E-state index in [2.05, 4.69) is 24.6 Å². The van der Waals surface area contributed by atoms with Crippen molar-refractivity contribution >= 4 is 9.84 Å². The summed E-state index contributed by atoms with van der Waals surface area (Å²) >= 11 is 0. The van der Waals surface area contributed by atoms with Crippen LogP contribution in [0.5, 0.6) is 0 Å². The highest BCUT2D eigenvalue weighted by Gasteiger charge is 1.95. The zero-order valence-corrected chi connectivity index (χ0v) is 9.76. The van der Waals surface area contributed by atoms with Crippen molar-refractivity contribution in [3.05, 3.63) is 58.7 Å². The van der Waals surface area contributed by atoms with Crippen molar-refractivity contribution in [2.24, 2.45) is 0 Å². The van der Waals surface area contributed by atoms with Crippen molar-refractivity contribution in [1.82, 2.24) is 0 Å². The molecule has 0 unspecified atom stereocenters. The SMILES string of the molecule is C=C(C)C=C=CS(=O)(=O)C=C=CC(=C)C. The first kappa shape index (κ1) is 13.5. The van der Waals surface area contributed by atoms with Gasteiger partial charge in [0.1, 0.15) is 0 Å². The summed E-state index contributed by atoms with van der Waals surface area (Å²) in [6, 6.07) is 0. The quantitative estimate of drug-likeness (QED) is 0.541. The van der Waals surface area contributed by atoms with Gasteiger partial charge in [-0.15, -0.1) is 11.5 Å². The van der Waals surface area contributed by atoms with Crippen LogP contribution in [0, 0.1) is 0 Å². The first-order chi connectivity index (χ1) is 6.83. The molecule has 0 saturated carbocycles. The Morgan fingerprint density at radius 3 is 1.60 bits per heavy atom. The van der Waals surface area contributed by atoms with Gasteiger partial charge in [-0.25, -0.2) is 8.42 Å². The number of rotatable bonds is 4. The molecule has 15 heavy (non-hydrogen) atoms. The highest BCUT2D eigenvalue weighted by atomic mass is 32.2. The van der Waals surface area contributed by atoms with Crippen LogP contribution >= 0.6 is 0 Å². The molecule has 80 valence electrons. The van der Waals surface area contributed by atoms with Gasteiger partial charge in [0, 0.05) is 0 Å². The molecule has 0 spiro atoms. The third kappa shape index (κ3) is 8.79. The molecule has 0 aromatic carbocycles.